The smallest absolute Gasteiger partial charge is 0.490 e. The zero-order valence-electron chi connectivity index (χ0n) is 22.6. The monoisotopic (exact) mass is 560 g/mol. The molecule has 40 heavy (non-hydrogen) atoms. The quantitative estimate of drug-likeness (QED) is 0.269. The van der Waals surface area contributed by atoms with Gasteiger partial charge in [0.05, 0.1) is 24.8 Å². The molecule has 3 N–H and O–H groups in total. The van der Waals surface area contributed by atoms with E-state index in [1.54, 1.807) is 13.4 Å². The number of hydrogen-bond acceptors (Lipinski definition) is 4. The Morgan fingerprint density at radius 1 is 1.10 bits per heavy atom. The Bertz CT molecular complexity index is 1250. The first-order valence-corrected chi connectivity index (χ1v) is 13.2. The van der Waals surface area contributed by atoms with E-state index in [1.165, 1.54) is 43.2 Å². The molecule has 1 aliphatic rings. The van der Waals surface area contributed by atoms with E-state index in [4.69, 9.17) is 14.6 Å². The van der Waals surface area contributed by atoms with Crippen molar-refractivity contribution < 1.29 is 32.6 Å². The number of carboxylic acids is 1. The fraction of sp³-hybridized carbons (Fsp3) is 0.414. The number of rotatable bonds is 8. The third-order valence-electron chi connectivity index (χ3n) is 6.65. The number of imidazole rings is 1. The highest BCUT2D eigenvalue weighted by Gasteiger charge is 2.38. The van der Waals surface area contributed by atoms with Crippen molar-refractivity contribution in [3.05, 3.63) is 71.8 Å². The van der Waals surface area contributed by atoms with Crippen LogP contribution in [0.1, 0.15) is 61.3 Å². The lowest BCUT2D eigenvalue weighted by Gasteiger charge is -2.22. The van der Waals surface area contributed by atoms with Crippen molar-refractivity contribution in [2.24, 2.45) is 0 Å². The van der Waals surface area contributed by atoms with E-state index in [0.29, 0.717) is 18.0 Å². The summed E-state index contributed by atoms with van der Waals surface area (Å²) < 4.78 is 39.1. The summed E-state index contributed by atoms with van der Waals surface area (Å²) in [4.78, 5) is 25.5. The van der Waals surface area contributed by atoms with Gasteiger partial charge in [0.1, 0.15) is 5.75 Å². The number of carboxylic acid groups (broad SMARTS) is 1. The number of nitrogens with zero attached hydrogens (tertiary/aromatic N) is 2. The molecule has 4 rings (SSSR count). The molecule has 0 spiro atoms. The van der Waals surface area contributed by atoms with E-state index in [-0.39, 0.29) is 6.03 Å². The number of alkyl halides is 3. The molecule has 1 fully saturated rings. The highest BCUT2D eigenvalue weighted by molar-refractivity contribution is 5.89. The number of urea groups is 1. The average molecular weight is 561 g/mol. The van der Waals surface area contributed by atoms with Crippen LogP contribution in [0, 0.1) is 6.92 Å². The van der Waals surface area contributed by atoms with Gasteiger partial charge in [0.25, 0.3) is 0 Å². The van der Waals surface area contributed by atoms with Crippen molar-refractivity contribution in [3.63, 3.8) is 0 Å². The third-order valence-corrected chi connectivity index (χ3v) is 6.65. The Balaban J connectivity index is 0.000000559. The van der Waals surface area contributed by atoms with Crippen LogP contribution < -0.4 is 15.4 Å². The minimum atomic E-state index is -5.08. The molecule has 1 heterocycles. The normalized spacial score (nSPS) is 13.6. The number of methoxy groups -OCH3 is 1. The van der Waals surface area contributed by atoms with Gasteiger partial charge >= 0.3 is 18.2 Å². The van der Waals surface area contributed by atoms with Gasteiger partial charge in [0, 0.05) is 24.5 Å². The lowest BCUT2D eigenvalue weighted by molar-refractivity contribution is -0.192. The zero-order valence-corrected chi connectivity index (χ0v) is 22.6. The summed E-state index contributed by atoms with van der Waals surface area (Å²) in [7, 11) is 1.62. The van der Waals surface area contributed by atoms with Crippen molar-refractivity contribution in [2.45, 2.75) is 64.0 Å². The number of amides is 2. The number of anilines is 1. The lowest BCUT2D eigenvalue weighted by atomic mass is 9.84. The fourth-order valence-electron chi connectivity index (χ4n) is 4.58. The molecule has 1 aromatic heterocycles. The maximum absolute atomic E-state index is 12.3. The van der Waals surface area contributed by atoms with Gasteiger partial charge in [-0.05, 0) is 61.8 Å². The highest BCUT2D eigenvalue weighted by atomic mass is 19.4. The number of aryl methyl sites for hydroxylation is 2. The molecule has 0 aliphatic heterocycles. The van der Waals surface area contributed by atoms with Gasteiger partial charge in [-0.1, -0.05) is 43.5 Å². The Morgan fingerprint density at radius 3 is 2.35 bits per heavy atom. The van der Waals surface area contributed by atoms with E-state index in [9.17, 15) is 18.0 Å². The van der Waals surface area contributed by atoms with Crippen molar-refractivity contribution in [1.82, 2.24) is 14.9 Å². The van der Waals surface area contributed by atoms with Crippen molar-refractivity contribution >= 4 is 17.7 Å². The van der Waals surface area contributed by atoms with Crippen LogP contribution in [-0.2, 0) is 11.2 Å². The number of halogens is 3. The van der Waals surface area contributed by atoms with Gasteiger partial charge in [0.15, 0.2) is 0 Å². The second-order valence-electron chi connectivity index (χ2n) is 9.67. The molecule has 2 amide bonds. The standard InChI is InChI=1S/C27H34N4O2.C2HF3O2/c1-20-18-31(19-29-20)25-15-14-24(17-26(25)33-2)30-27(32)28-16-6-7-21-10-12-23(13-11-21)22-8-4-3-5-9-22;3-2(4,5)1(6)7/h10-15,17-19,22H,3-9,16H2,1-2H3,(H2,28,30,32);(H,6,7). The summed E-state index contributed by atoms with van der Waals surface area (Å²) in [6.07, 6.45) is 7.22. The Labute approximate surface area is 231 Å². The van der Waals surface area contributed by atoms with Crippen molar-refractivity contribution in [3.8, 4) is 11.4 Å². The van der Waals surface area contributed by atoms with Crippen LogP contribution >= 0.6 is 0 Å². The number of benzene rings is 2. The van der Waals surface area contributed by atoms with E-state index in [0.717, 1.165) is 30.1 Å². The number of nitrogens with one attached hydrogen (secondary N) is 2. The average Bonchev–Trinajstić information content (AvgIpc) is 3.37. The van der Waals surface area contributed by atoms with Gasteiger partial charge < -0.3 is 25.0 Å². The molecule has 0 radical (unpaired) electrons. The first kappa shape index (κ1) is 30.5. The molecule has 216 valence electrons. The zero-order chi connectivity index (χ0) is 29.1. The molecule has 1 saturated carbocycles. The predicted molar refractivity (Wildman–Crippen MR) is 146 cm³/mol. The number of aliphatic carboxylic acids is 1. The van der Waals surface area contributed by atoms with E-state index < -0.39 is 12.1 Å². The second kappa shape index (κ2) is 14.4. The van der Waals surface area contributed by atoms with E-state index >= 15 is 0 Å². The first-order chi connectivity index (χ1) is 19.1. The van der Waals surface area contributed by atoms with E-state index in [2.05, 4.69) is 39.9 Å². The molecule has 3 aromatic rings. The Morgan fingerprint density at radius 2 is 1.77 bits per heavy atom. The molecule has 1 aliphatic carbocycles. The van der Waals surface area contributed by atoms with Gasteiger partial charge in [-0.3, -0.25) is 0 Å². The van der Waals surface area contributed by atoms with Crippen molar-refractivity contribution in [1.29, 1.82) is 0 Å². The van der Waals surface area contributed by atoms with Crippen molar-refractivity contribution in [2.75, 3.05) is 19.0 Å². The number of hydrogen-bond donors (Lipinski definition) is 3. The van der Waals surface area contributed by atoms with Gasteiger partial charge in [0.2, 0.25) is 0 Å². The second-order valence-corrected chi connectivity index (χ2v) is 9.67. The molecule has 0 saturated heterocycles. The Hall–Kier alpha value is -4.02. The summed E-state index contributed by atoms with van der Waals surface area (Å²) in [5, 5.41) is 13.0. The number of aromatic nitrogens is 2. The van der Waals surface area contributed by atoms with Crippen LogP contribution in [0.2, 0.25) is 0 Å². The first-order valence-electron chi connectivity index (χ1n) is 13.2. The molecule has 0 unspecified atom stereocenters. The van der Waals surface area contributed by atoms with Gasteiger partial charge in [-0.25, -0.2) is 14.6 Å². The van der Waals surface area contributed by atoms with Crippen LogP contribution in [0.25, 0.3) is 5.69 Å². The van der Waals surface area contributed by atoms with E-state index in [1.807, 2.05) is 35.9 Å². The van der Waals surface area contributed by atoms with Gasteiger partial charge in [-0.2, -0.15) is 13.2 Å². The van der Waals surface area contributed by atoms with Crippen LogP contribution in [-0.4, -0.2) is 46.5 Å². The molecule has 8 nitrogen and oxygen atoms in total. The number of carbonyl (C=O) groups is 2. The summed E-state index contributed by atoms with van der Waals surface area (Å²) in [5.41, 5.74) is 5.30. The topological polar surface area (TPSA) is 105 Å². The molecule has 0 atom stereocenters. The number of ether oxygens (including phenoxy) is 1. The summed E-state index contributed by atoms with van der Waals surface area (Å²) in [6, 6.07) is 14.5. The molecule has 0 bridgehead atoms. The Kier molecular flexibility index (Phi) is 11.0. The molecule has 11 heteroatoms. The molecular weight excluding hydrogens is 525 g/mol. The van der Waals surface area contributed by atoms with Crippen LogP contribution in [0.4, 0.5) is 23.7 Å². The lowest BCUT2D eigenvalue weighted by Crippen LogP contribution is -2.29. The predicted octanol–water partition coefficient (Wildman–Crippen LogP) is 6.62. The maximum atomic E-state index is 12.3. The summed E-state index contributed by atoms with van der Waals surface area (Å²) in [6.45, 7) is 2.57. The maximum Gasteiger partial charge on any atom is 0.490 e. The van der Waals surface area contributed by atoms with Crippen LogP contribution in [0.3, 0.4) is 0 Å². The summed E-state index contributed by atoms with van der Waals surface area (Å²) in [5.74, 6) is -1.34. The molecule has 2 aromatic carbocycles. The largest absolute Gasteiger partial charge is 0.494 e. The molecular formula is C29H35F3N4O4. The van der Waals surface area contributed by atoms with Crippen LogP contribution in [0.15, 0.2) is 55.0 Å². The minimum Gasteiger partial charge on any atom is -0.494 e. The fourth-order valence-corrected chi connectivity index (χ4v) is 4.58. The van der Waals surface area contributed by atoms with Crippen LogP contribution in [0.5, 0.6) is 5.75 Å². The SMILES string of the molecule is COc1cc(NC(=O)NCCCc2ccc(C3CCCCC3)cc2)ccc1-n1cnc(C)c1.O=C(O)C(F)(F)F. The summed E-state index contributed by atoms with van der Waals surface area (Å²) >= 11 is 0. The third kappa shape index (κ3) is 9.32. The highest BCUT2D eigenvalue weighted by Crippen LogP contribution is 2.32. The number of carbonyl (C=O) groups excluding carboxylic acids is 1. The van der Waals surface area contributed by atoms with Gasteiger partial charge in [-0.15, -0.1) is 0 Å². The minimum absolute atomic E-state index is 0.212.